The molecule has 0 amide bonds. The van der Waals surface area contributed by atoms with Crippen LogP contribution in [0.25, 0.3) is 0 Å². The first-order valence-corrected chi connectivity index (χ1v) is 24.2. The second-order valence-electron chi connectivity index (χ2n) is 16.6. The molecule has 1 heterocycles. The SMILES string of the molecule is CCCCCCCC/C=C\CCCCCCCCOC(=O)CCN(CCCN1CCCC1)CCC(=O)OCCCCCCCC/C=C\CCCCCCCC. The Labute approximate surface area is 342 Å². The van der Waals surface area contributed by atoms with Gasteiger partial charge in [0.15, 0.2) is 0 Å². The normalized spacial score (nSPS) is 13.6. The van der Waals surface area contributed by atoms with E-state index in [1.807, 2.05) is 0 Å². The molecule has 1 aliphatic rings. The summed E-state index contributed by atoms with van der Waals surface area (Å²) in [4.78, 5) is 29.9. The van der Waals surface area contributed by atoms with E-state index < -0.39 is 0 Å². The second kappa shape index (κ2) is 42.0. The number of likely N-dealkylation sites (tertiary alicyclic amines) is 1. The number of allylic oxidation sites excluding steroid dienone is 4. The largest absolute Gasteiger partial charge is 0.466 e. The minimum Gasteiger partial charge on any atom is -0.466 e. The van der Waals surface area contributed by atoms with Crippen molar-refractivity contribution in [3.8, 4) is 0 Å². The fraction of sp³-hybridized carbons (Fsp3) is 0.878. The van der Waals surface area contributed by atoms with Gasteiger partial charge >= 0.3 is 11.9 Å². The van der Waals surface area contributed by atoms with Crippen LogP contribution in [0.4, 0.5) is 0 Å². The highest BCUT2D eigenvalue weighted by molar-refractivity contribution is 5.70. The smallest absolute Gasteiger partial charge is 0.307 e. The summed E-state index contributed by atoms with van der Waals surface area (Å²) < 4.78 is 11.2. The first kappa shape index (κ1) is 51.4. The third-order valence-electron chi connectivity index (χ3n) is 11.3. The maximum Gasteiger partial charge on any atom is 0.307 e. The molecule has 55 heavy (non-hydrogen) atoms. The minimum absolute atomic E-state index is 0.111. The molecule has 1 saturated heterocycles. The van der Waals surface area contributed by atoms with E-state index in [9.17, 15) is 9.59 Å². The summed E-state index contributed by atoms with van der Waals surface area (Å²) >= 11 is 0. The Kier molecular flexibility index (Phi) is 39.2. The average molecular weight is 773 g/mol. The molecule has 0 aromatic heterocycles. The van der Waals surface area contributed by atoms with E-state index in [0.717, 1.165) is 45.2 Å². The second-order valence-corrected chi connectivity index (χ2v) is 16.6. The van der Waals surface area contributed by atoms with Gasteiger partial charge in [0.1, 0.15) is 0 Å². The molecule has 1 aliphatic heterocycles. The Morgan fingerprint density at radius 3 is 1.18 bits per heavy atom. The molecule has 0 unspecified atom stereocenters. The predicted octanol–water partition coefficient (Wildman–Crippen LogP) is 13.7. The van der Waals surface area contributed by atoms with Crippen LogP contribution in [0, 0.1) is 0 Å². The highest BCUT2D eigenvalue weighted by Gasteiger charge is 2.15. The lowest BCUT2D eigenvalue weighted by atomic mass is 10.1. The molecule has 6 heteroatoms. The average Bonchev–Trinajstić information content (AvgIpc) is 3.71. The van der Waals surface area contributed by atoms with Crippen molar-refractivity contribution in [3.63, 3.8) is 0 Å². The van der Waals surface area contributed by atoms with Crippen LogP contribution in [0.1, 0.15) is 226 Å². The lowest BCUT2D eigenvalue weighted by Crippen LogP contribution is -2.33. The fourth-order valence-electron chi connectivity index (χ4n) is 7.57. The van der Waals surface area contributed by atoms with Crippen molar-refractivity contribution in [1.82, 2.24) is 9.80 Å². The van der Waals surface area contributed by atoms with Crippen molar-refractivity contribution < 1.29 is 19.1 Å². The van der Waals surface area contributed by atoms with E-state index in [2.05, 4.69) is 48.0 Å². The van der Waals surface area contributed by atoms with Gasteiger partial charge in [0.05, 0.1) is 26.1 Å². The molecule has 0 N–H and O–H groups in total. The molecular formula is C49H92N2O4. The maximum absolute atomic E-state index is 12.6. The molecule has 0 bridgehead atoms. The Hall–Kier alpha value is -1.66. The van der Waals surface area contributed by atoms with Crippen molar-refractivity contribution in [2.24, 2.45) is 0 Å². The molecule has 1 fully saturated rings. The third-order valence-corrected chi connectivity index (χ3v) is 11.3. The first-order chi connectivity index (χ1) is 27.2. The molecule has 0 atom stereocenters. The summed E-state index contributed by atoms with van der Waals surface area (Å²) in [5, 5.41) is 0. The molecule has 0 aromatic rings. The zero-order valence-electron chi connectivity index (χ0n) is 36.8. The molecule has 0 radical (unpaired) electrons. The van der Waals surface area contributed by atoms with Gasteiger partial charge in [-0.3, -0.25) is 9.59 Å². The predicted molar refractivity (Wildman–Crippen MR) is 237 cm³/mol. The highest BCUT2D eigenvalue weighted by Crippen LogP contribution is 2.13. The van der Waals surface area contributed by atoms with Crippen molar-refractivity contribution in [1.29, 1.82) is 0 Å². The van der Waals surface area contributed by atoms with E-state index in [1.54, 1.807) is 0 Å². The topological polar surface area (TPSA) is 59.1 Å². The molecule has 322 valence electrons. The minimum atomic E-state index is -0.111. The number of rotatable bonds is 42. The van der Waals surface area contributed by atoms with E-state index >= 15 is 0 Å². The van der Waals surface area contributed by atoms with E-state index in [-0.39, 0.29) is 11.9 Å². The Bertz CT molecular complexity index is 824. The van der Waals surface area contributed by atoms with Crippen LogP contribution in [0.5, 0.6) is 0 Å². The van der Waals surface area contributed by atoms with Gasteiger partial charge in [0.25, 0.3) is 0 Å². The summed E-state index contributed by atoms with van der Waals surface area (Å²) in [5.74, 6) is -0.223. The molecular weight excluding hydrogens is 681 g/mol. The number of carbonyl (C=O) groups is 2. The van der Waals surface area contributed by atoms with Crippen LogP contribution in [-0.2, 0) is 19.1 Å². The van der Waals surface area contributed by atoms with Gasteiger partial charge in [-0.2, -0.15) is 0 Å². The summed E-state index contributed by atoms with van der Waals surface area (Å²) in [6.07, 6.45) is 49.7. The number of ether oxygens (including phenoxy) is 2. The van der Waals surface area contributed by atoms with Crippen molar-refractivity contribution in [2.45, 2.75) is 226 Å². The van der Waals surface area contributed by atoms with E-state index in [4.69, 9.17) is 9.47 Å². The molecule has 1 rings (SSSR count). The molecule has 6 nitrogen and oxygen atoms in total. The van der Waals surface area contributed by atoms with Gasteiger partial charge in [-0.25, -0.2) is 0 Å². The molecule has 0 aliphatic carbocycles. The number of unbranched alkanes of at least 4 members (excludes halogenated alkanes) is 24. The fourth-order valence-corrected chi connectivity index (χ4v) is 7.57. The summed E-state index contributed by atoms with van der Waals surface area (Å²) in [7, 11) is 0. The van der Waals surface area contributed by atoms with Crippen LogP contribution >= 0.6 is 0 Å². The van der Waals surface area contributed by atoms with E-state index in [0.29, 0.717) is 39.1 Å². The van der Waals surface area contributed by atoms with Crippen molar-refractivity contribution >= 4 is 11.9 Å². The quantitative estimate of drug-likeness (QED) is 0.0350. The zero-order valence-corrected chi connectivity index (χ0v) is 36.8. The lowest BCUT2D eigenvalue weighted by Gasteiger charge is -2.23. The van der Waals surface area contributed by atoms with Gasteiger partial charge in [0.2, 0.25) is 0 Å². The lowest BCUT2D eigenvalue weighted by molar-refractivity contribution is -0.144. The number of esters is 2. The Balaban J connectivity index is 2.07. The monoisotopic (exact) mass is 773 g/mol. The van der Waals surface area contributed by atoms with Gasteiger partial charge in [-0.1, -0.05) is 154 Å². The Morgan fingerprint density at radius 1 is 0.455 bits per heavy atom. The van der Waals surface area contributed by atoms with Gasteiger partial charge in [-0.15, -0.1) is 0 Å². The summed E-state index contributed by atoms with van der Waals surface area (Å²) in [6, 6.07) is 0. The van der Waals surface area contributed by atoms with Crippen molar-refractivity contribution in [2.75, 3.05) is 52.5 Å². The number of hydrogen-bond donors (Lipinski definition) is 0. The van der Waals surface area contributed by atoms with Crippen LogP contribution in [-0.4, -0.2) is 74.2 Å². The van der Waals surface area contributed by atoms with Crippen LogP contribution in [0.15, 0.2) is 24.3 Å². The van der Waals surface area contributed by atoms with Crippen molar-refractivity contribution in [3.05, 3.63) is 24.3 Å². The first-order valence-electron chi connectivity index (χ1n) is 24.2. The highest BCUT2D eigenvalue weighted by atomic mass is 16.5. The number of carbonyl (C=O) groups excluding carboxylic acids is 2. The molecule has 0 spiro atoms. The van der Waals surface area contributed by atoms with Crippen LogP contribution in [0.3, 0.4) is 0 Å². The van der Waals surface area contributed by atoms with E-state index in [1.165, 1.54) is 180 Å². The van der Waals surface area contributed by atoms with Gasteiger partial charge < -0.3 is 19.3 Å². The number of hydrogen-bond acceptors (Lipinski definition) is 6. The van der Waals surface area contributed by atoms with Gasteiger partial charge in [-0.05, 0) is 110 Å². The summed E-state index contributed by atoms with van der Waals surface area (Å²) in [5.41, 5.74) is 0. The number of nitrogens with zero attached hydrogens (tertiary/aromatic N) is 2. The molecule has 0 saturated carbocycles. The zero-order chi connectivity index (χ0) is 39.5. The maximum atomic E-state index is 12.6. The Morgan fingerprint density at radius 2 is 0.800 bits per heavy atom. The van der Waals surface area contributed by atoms with Crippen LogP contribution in [0.2, 0.25) is 0 Å². The van der Waals surface area contributed by atoms with Crippen LogP contribution < -0.4 is 0 Å². The summed E-state index contributed by atoms with van der Waals surface area (Å²) in [6.45, 7) is 11.3. The standard InChI is InChI=1S/C49H92N2O4/c1-3-5-7-9-11-13-15-17-19-21-23-25-27-29-31-35-46-54-48(52)38-44-51(43-37-42-50-40-33-34-41-50)45-39-49(53)55-47-36-32-30-28-26-24-22-20-18-16-14-12-10-8-6-4-2/h17-20H,3-16,21-47H2,1-2H3/b19-17-,20-18-. The molecule has 0 aromatic carbocycles. The third kappa shape index (κ3) is 37.7. The van der Waals surface area contributed by atoms with Gasteiger partial charge in [0, 0.05) is 13.1 Å².